The molecule has 5 rings (SSSR count). The zero-order chi connectivity index (χ0) is 32.8. The van der Waals surface area contributed by atoms with E-state index in [1.165, 1.54) is 12.4 Å². The van der Waals surface area contributed by atoms with E-state index in [0.717, 1.165) is 43.8 Å². The molecular formula is C32H38F3N9O2. The van der Waals surface area contributed by atoms with E-state index in [0.29, 0.717) is 55.0 Å². The topological polar surface area (TPSA) is 132 Å². The lowest BCUT2D eigenvalue weighted by atomic mass is 10.1. The van der Waals surface area contributed by atoms with Gasteiger partial charge in [-0.25, -0.2) is 9.98 Å². The smallest absolute Gasteiger partial charge is 0.383 e. The van der Waals surface area contributed by atoms with Crippen LogP contribution in [0.3, 0.4) is 0 Å². The van der Waals surface area contributed by atoms with Crippen LogP contribution in [-0.2, 0) is 10.9 Å². The number of aliphatic imine (C=N–C) groups is 3. The number of allylic oxidation sites excluding steroid dienone is 1. The number of halogens is 3. The number of hydrogen-bond donors (Lipinski definition) is 4. The summed E-state index contributed by atoms with van der Waals surface area (Å²) in [6, 6.07) is 8.63. The molecule has 2 saturated heterocycles. The van der Waals surface area contributed by atoms with Crippen molar-refractivity contribution in [3.05, 3.63) is 77.4 Å². The maximum absolute atomic E-state index is 13.9. The van der Waals surface area contributed by atoms with Gasteiger partial charge in [0.05, 0.1) is 24.4 Å². The molecule has 3 aliphatic heterocycles. The second-order valence-electron chi connectivity index (χ2n) is 11.2. The molecule has 46 heavy (non-hydrogen) atoms. The highest BCUT2D eigenvalue weighted by Gasteiger charge is 2.32. The van der Waals surface area contributed by atoms with Gasteiger partial charge in [-0.05, 0) is 55.8 Å². The first-order valence-electron chi connectivity index (χ1n) is 15.1. The van der Waals surface area contributed by atoms with Crippen LogP contribution >= 0.6 is 0 Å². The van der Waals surface area contributed by atoms with Crippen molar-refractivity contribution in [1.82, 2.24) is 10.2 Å². The molecule has 0 spiro atoms. The first-order chi connectivity index (χ1) is 22.0. The molecule has 3 aliphatic rings. The first kappa shape index (κ1) is 32.7. The number of carbonyl (C=O) groups is 1. The summed E-state index contributed by atoms with van der Waals surface area (Å²) in [6.45, 7) is 12.3. The fourth-order valence-electron chi connectivity index (χ4n) is 5.32. The van der Waals surface area contributed by atoms with Crippen LogP contribution in [0.2, 0.25) is 0 Å². The summed E-state index contributed by atoms with van der Waals surface area (Å²) in [5, 5.41) is 9.01. The van der Waals surface area contributed by atoms with E-state index in [-0.39, 0.29) is 23.1 Å². The SMILES string of the molecule is C=C/N=C1/C=NC(NC2CCOC2)=N/C1=C(/N)Nc1cc(C(=O)Nc2cc(N3CCN(CC)CC3)cc(C(F)(F)F)c2)ccc1C. The van der Waals surface area contributed by atoms with E-state index in [1.807, 2.05) is 11.8 Å². The first-order valence-corrected chi connectivity index (χ1v) is 15.1. The highest BCUT2D eigenvalue weighted by molar-refractivity contribution is 6.41. The predicted molar refractivity (Wildman–Crippen MR) is 176 cm³/mol. The normalized spacial score (nSPS) is 20.8. The highest BCUT2D eigenvalue weighted by Crippen LogP contribution is 2.35. The van der Waals surface area contributed by atoms with Gasteiger partial charge in [-0.3, -0.25) is 9.79 Å². The van der Waals surface area contributed by atoms with Crippen LogP contribution in [0.5, 0.6) is 0 Å². The summed E-state index contributed by atoms with van der Waals surface area (Å²) in [4.78, 5) is 30.6. The summed E-state index contributed by atoms with van der Waals surface area (Å²) in [5.74, 6) is -0.0618. The largest absolute Gasteiger partial charge is 0.416 e. The number of hydrogen-bond acceptors (Lipinski definition) is 10. The van der Waals surface area contributed by atoms with Gasteiger partial charge in [0, 0.05) is 61.6 Å². The molecule has 0 aromatic heterocycles. The minimum Gasteiger partial charge on any atom is -0.383 e. The Kier molecular flexibility index (Phi) is 10.1. The number of alkyl halides is 3. The van der Waals surface area contributed by atoms with Crippen LogP contribution in [0.1, 0.15) is 34.8 Å². The second kappa shape index (κ2) is 14.2. The third kappa shape index (κ3) is 7.93. The molecule has 14 heteroatoms. The van der Waals surface area contributed by atoms with Gasteiger partial charge >= 0.3 is 6.18 Å². The number of nitrogens with zero attached hydrogens (tertiary/aromatic N) is 5. The highest BCUT2D eigenvalue weighted by atomic mass is 19.4. The molecule has 11 nitrogen and oxygen atoms in total. The minimum absolute atomic E-state index is 0.0539. The Hall–Kier alpha value is -4.69. The Bertz CT molecular complexity index is 1590. The molecule has 1 unspecified atom stereocenters. The van der Waals surface area contributed by atoms with Crippen molar-refractivity contribution < 1.29 is 22.7 Å². The number of guanidine groups is 1. The van der Waals surface area contributed by atoms with E-state index in [4.69, 9.17) is 10.5 Å². The van der Waals surface area contributed by atoms with Crippen molar-refractivity contribution in [3.8, 4) is 0 Å². The standard InChI is InChI=1S/C32H38F3N9O2/c1-4-37-27-18-38-31(40-23-8-13-46-19-23)42-28(27)29(36)41-26-14-21(7-6-20(26)3)30(45)39-24-15-22(32(33,34)35)16-25(17-24)44-11-9-43(5-2)10-12-44/h4,6-7,14-18,23,41H,1,5,8-13,19,36H2,2-3H3,(H,39,45)(H,40,42)/b29-28-,37-27-. The number of rotatable bonds is 8. The number of piperazine rings is 1. The van der Waals surface area contributed by atoms with Crippen LogP contribution in [0.25, 0.3) is 0 Å². The number of nitrogens with two attached hydrogens (primary N) is 1. The maximum Gasteiger partial charge on any atom is 0.416 e. The number of aryl methyl sites for hydroxylation is 1. The molecule has 0 bridgehead atoms. The molecule has 2 fully saturated rings. The van der Waals surface area contributed by atoms with Gasteiger partial charge < -0.3 is 36.2 Å². The Morgan fingerprint density at radius 2 is 1.96 bits per heavy atom. The summed E-state index contributed by atoms with van der Waals surface area (Å²) in [5.41, 5.74) is 8.31. The molecule has 3 heterocycles. The summed E-state index contributed by atoms with van der Waals surface area (Å²) in [7, 11) is 0. The van der Waals surface area contributed by atoms with Gasteiger partial charge in [0.1, 0.15) is 17.2 Å². The zero-order valence-electron chi connectivity index (χ0n) is 25.8. The Morgan fingerprint density at radius 1 is 1.17 bits per heavy atom. The molecule has 244 valence electrons. The van der Waals surface area contributed by atoms with Crippen LogP contribution < -0.4 is 26.6 Å². The van der Waals surface area contributed by atoms with Gasteiger partial charge in [-0.15, -0.1) is 0 Å². The van der Waals surface area contributed by atoms with Gasteiger partial charge in [-0.1, -0.05) is 19.6 Å². The van der Waals surface area contributed by atoms with E-state index in [1.54, 1.807) is 24.3 Å². The van der Waals surface area contributed by atoms with Crippen LogP contribution in [0, 0.1) is 6.92 Å². The fourth-order valence-corrected chi connectivity index (χ4v) is 5.32. The Balaban J connectivity index is 1.38. The van der Waals surface area contributed by atoms with Crippen LogP contribution in [-0.4, -0.2) is 80.7 Å². The van der Waals surface area contributed by atoms with Gasteiger partial charge in [0.2, 0.25) is 5.96 Å². The zero-order valence-corrected chi connectivity index (χ0v) is 25.8. The third-order valence-electron chi connectivity index (χ3n) is 7.97. The van der Waals surface area contributed by atoms with Crippen molar-refractivity contribution in [2.24, 2.45) is 20.7 Å². The molecule has 1 amide bonds. The molecular weight excluding hydrogens is 599 g/mol. The molecule has 0 aliphatic carbocycles. The quantitative estimate of drug-likeness (QED) is 0.339. The van der Waals surface area contributed by atoms with Crippen LogP contribution in [0.4, 0.5) is 30.2 Å². The molecule has 5 N–H and O–H groups in total. The number of benzene rings is 2. The minimum atomic E-state index is -4.58. The number of amides is 1. The van der Waals surface area contributed by atoms with Crippen molar-refractivity contribution in [3.63, 3.8) is 0 Å². The second-order valence-corrected chi connectivity index (χ2v) is 11.2. The van der Waals surface area contributed by atoms with Crippen molar-refractivity contribution in [2.45, 2.75) is 32.5 Å². The monoisotopic (exact) mass is 637 g/mol. The fraction of sp³-hybridized carbons (Fsp3) is 0.375. The van der Waals surface area contributed by atoms with Gasteiger partial charge in [0.15, 0.2) is 0 Å². The van der Waals surface area contributed by atoms with Gasteiger partial charge in [0.25, 0.3) is 5.91 Å². The Morgan fingerprint density at radius 3 is 2.63 bits per heavy atom. The number of nitrogens with one attached hydrogen (secondary N) is 3. The molecule has 0 radical (unpaired) electrons. The Labute approximate surface area is 265 Å². The average molecular weight is 638 g/mol. The van der Waals surface area contributed by atoms with Crippen molar-refractivity contribution in [1.29, 1.82) is 0 Å². The summed E-state index contributed by atoms with van der Waals surface area (Å²) in [6.07, 6.45) is -0.873. The molecule has 2 aromatic rings. The van der Waals surface area contributed by atoms with Gasteiger partial charge in [-0.2, -0.15) is 13.2 Å². The number of likely N-dealkylation sites (N-methyl/N-ethyl adjacent to an activating group) is 1. The summed E-state index contributed by atoms with van der Waals surface area (Å²) >= 11 is 0. The lowest BCUT2D eigenvalue weighted by Gasteiger charge is -2.36. The van der Waals surface area contributed by atoms with E-state index >= 15 is 0 Å². The molecule has 1 atom stereocenters. The third-order valence-corrected chi connectivity index (χ3v) is 7.97. The molecule has 2 aromatic carbocycles. The molecule has 0 saturated carbocycles. The van der Waals surface area contributed by atoms with Crippen molar-refractivity contribution >= 4 is 40.9 Å². The lowest BCUT2D eigenvalue weighted by Crippen LogP contribution is -2.46. The van der Waals surface area contributed by atoms with E-state index in [9.17, 15) is 18.0 Å². The predicted octanol–water partition coefficient (Wildman–Crippen LogP) is 4.35. The summed E-state index contributed by atoms with van der Waals surface area (Å²) < 4.78 is 47.0. The van der Waals surface area contributed by atoms with E-state index in [2.05, 4.69) is 49.3 Å². The lowest BCUT2D eigenvalue weighted by molar-refractivity contribution is -0.137. The average Bonchev–Trinajstić information content (AvgIpc) is 3.55. The number of carbonyl (C=O) groups excluding carboxylic acids is 1. The number of ether oxygens (including phenoxy) is 1. The van der Waals surface area contributed by atoms with E-state index < -0.39 is 17.6 Å². The maximum atomic E-state index is 13.9. The van der Waals surface area contributed by atoms with Crippen LogP contribution in [0.15, 0.2) is 75.7 Å². The van der Waals surface area contributed by atoms with Crippen molar-refractivity contribution in [2.75, 3.05) is 61.5 Å². The number of anilines is 3.